The van der Waals surface area contributed by atoms with Gasteiger partial charge in [0.05, 0.1) is 26.4 Å². The number of benzene rings is 3. The van der Waals surface area contributed by atoms with Crippen molar-refractivity contribution >= 4 is 48.3 Å². The number of para-hydroxylation sites is 2. The predicted molar refractivity (Wildman–Crippen MR) is 134 cm³/mol. The van der Waals surface area contributed by atoms with E-state index >= 15 is 0 Å². The minimum absolute atomic E-state index is 0.128. The van der Waals surface area contributed by atoms with Crippen LogP contribution in [0.15, 0.2) is 83.8 Å². The molecule has 33 heavy (non-hydrogen) atoms. The molecule has 4 rings (SSSR count). The Morgan fingerprint density at radius 1 is 0.909 bits per heavy atom. The molecule has 0 atom stereocenters. The van der Waals surface area contributed by atoms with Crippen LogP contribution in [0.1, 0.15) is 10.4 Å². The van der Waals surface area contributed by atoms with Crippen molar-refractivity contribution in [3.05, 3.63) is 84.4 Å². The zero-order chi connectivity index (χ0) is 23.4. The standard InChI is InChI=1S/C24H24N4O3S2/c1-27(2)16-17-28(24-25-21-14-8-9-15-22(21)32-24)23(29)19-12-6-7-13-20(19)26-33(30,31)18-10-4-3-5-11-18/h3-15,26H,16-17H2,1-2H3. The topological polar surface area (TPSA) is 82.6 Å². The van der Waals surface area contributed by atoms with Gasteiger partial charge in [-0.2, -0.15) is 0 Å². The number of nitrogens with zero attached hydrogens (tertiary/aromatic N) is 3. The van der Waals surface area contributed by atoms with Crippen LogP contribution in [0.4, 0.5) is 10.8 Å². The number of anilines is 2. The van der Waals surface area contributed by atoms with Crippen LogP contribution in [0.2, 0.25) is 0 Å². The fourth-order valence-corrected chi connectivity index (χ4v) is 5.36. The lowest BCUT2D eigenvalue weighted by Crippen LogP contribution is -2.37. The minimum Gasteiger partial charge on any atom is -0.308 e. The molecule has 0 fully saturated rings. The Bertz CT molecular complexity index is 1340. The van der Waals surface area contributed by atoms with Crippen LogP contribution in [-0.2, 0) is 10.0 Å². The van der Waals surface area contributed by atoms with E-state index in [1.54, 1.807) is 47.4 Å². The number of fused-ring (bicyclic) bond motifs is 1. The van der Waals surface area contributed by atoms with Crippen molar-refractivity contribution in [3.63, 3.8) is 0 Å². The Morgan fingerprint density at radius 2 is 1.58 bits per heavy atom. The fraction of sp³-hybridized carbons (Fsp3) is 0.167. The highest BCUT2D eigenvalue weighted by Crippen LogP contribution is 2.31. The summed E-state index contributed by atoms with van der Waals surface area (Å²) in [5, 5.41) is 0.573. The quantitative estimate of drug-likeness (QED) is 0.406. The van der Waals surface area contributed by atoms with E-state index in [4.69, 9.17) is 0 Å². The maximum absolute atomic E-state index is 13.7. The summed E-state index contributed by atoms with van der Waals surface area (Å²) in [4.78, 5) is 22.1. The van der Waals surface area contributed by atoms with E-state index in [1.807, 2.05) is 43.3 Å². The number of nitrogens with one attached hydrogen (secondary N) is 1. The second-order valence-corrected chi connectivity index (χ2v) is 10.4. The van der Waals surface area contributed by atoms with Gasteiger partial charge in [-0.05, 0) is 50.5 Å². The van der Waals surface area contributed by atoms with Gasteiger partial charge in [-0.1, -0.05) is 53.8 Å². The van der Waals surface area contributed by atoms with Crippen LogP contribution in [-0.4, -0.2) is 51.4 Å². The van der Waals surface area contributed by atoms with Gasteiger partial charge in [-0.3, -0.25) is 14.4 Å². The summed E-state index contributed by atoms with van der Waals surface area (Å²) < 4.78 is 29.4. The minimum atomic E-state index is -3.85. The molecule has 0 bridgehead atoms. The molecule has 1 aromatic heterocycles. The summed E-state index contributed by atoms with van der Waals surface area (Å²) in [6, 6.07) is 22.4. The molecule has 4 aromatic rings. The van der Waals surface area contributed by atoms with Crippen LogP contribution in [0.3, 0.4) is 0 Å². The maximum atomic E-state index is 13.7. The highest BCUT2D eigenvalue weighted by atomic mass is 32.2. The normalized spacial score (nSPS) is 11.6. The van der Waals surface area contributed by atoms with Crippen LogP contribution < -0.4 is 9.62 Å². The Morgan fingerprint density at radius 3 is 2.30 bits per heavy atom. The molecule has 3 aromatic carbocycles. The molecule has 0 aliphatic carbocycles. The van der Waals surface area contributed by atoms with Gasteiger partial charge in [0.15, 0.2) is 5.13 Å². The largest absolute Gasteiger partial charge is 0.308 e. The van der Waals surface area contributed by atoms with E-state index in [1.165, 1.54) is 23.5 Å². The first-order valence-corrected chi connectivity index (χ1v) is 12.6. The summed E-state index contributed by atoms with van der Waals surface area (Å²) in [6.07, 6.45) is 0. The van der Waals surface area contributed by atoms with E-state index in [-0.39, 0.29) is 22.1 Å². The van der Waals surface area contributed by atoms with E-state index in [9.17, 15) is 13.2 Å². The number of likely N-dealkylation sites (N-methyl/N-ethyl adjacent to an activating group) is 1. The summed E-state index contributed by atoms with van der Waals surface area (Å²) in [5.41, 5.74) is 1.30. The number of carbonyl (C=O) groups excluding carboxylic acids is 1. The summed E-state index contributed by atoms with van der Waals surface area (Å²) in [5.74, 6) is -0.317. The van der Waals surface area contributed by atoms with E-state index in [0.717, 1.165) is 10.2 Å². The number of thiazole rings is 1. The van der Waals surface area contributed by atoms with Gasteiger partial charge in [-0.25, -0.2) is 13.4 Å². The molecule has 0 radical (unpaired) electrons. The van der Waals surface area contributed by atoms with Gasteiger partial charge in [-0.15, -0.1) is 0 Å². The number of amides is 1. The van der Waals surface area contributed by atoms with Crippen molar-refractivity contribution < 1.29 is 13.2 Å². The molecule has 1 N–H and O–H groups in total. The molecule has 0 saturated carbocycles. The van der Waals surface area contributed by atoms with Crippen molar-refractivity contribution in [1.29, 1.82) is 0 Å². The van der Waals surface area contributed by atoms with Gasteiger partial charge in [0.25, 0.3) is 15.9 Å². The van der Waals surface area contributed by atoms with Gasteiger partial charge < -0.3 is 4.90 Å². The van der Waals surface area contributed by atoms with Crippen LogP contribution in [0.25, 0.3) is 10.2 Å². The second kappa shape index (κ2) is 9.70. The van der Waals surface area contributed by atoms with Crippen molar-refractivity contribution in [2.75, 3.05) is 36.8 Å². The smallest absolute Gasteiger partial charge is 0.262 e. The Kier molecular flexibility index (Phi) is 6.73. The van der Waals surface area contributed by atoms with Crippen molar-refractivity contribution in [2.24, 2.45) is 0 Å². The number of hydrogen-bond acceptors (Lipinski definition) is 6. The lowest BCUT2D eigenvalue weighted by Gasteiger charge is -2.23. The number of hydrogen-bond donors (Lipinski definition) is 1. The highest BCUT2D eigenvalue weighted by molar-refractivity contribution is 7.92. The number of carbonyl (C=O) groups is 1. The summed E-state index contributed by atoms with van der Waals surface area (Å²) >= 11 is 1.43. The zero-order valence-electron chi connectivity index (χ0n) is 18.3. The lowest BCUT2D eigenvalue weighted by molar-refractivity contribution is 0.0986. The van der Waals surface area contributed by atoms with Gasteiger partial charge in [0, 0.05) is 13.1 Å². The van der Waals surface area contributed by atoms with E-state index in [2.05, 4.69) is 9.71 Å². The first-order valence-electron chi connectivity index (χ1n) is 10.3. The van der Waals surface area contributed by atoms with Crippen molar-refractivity contribution in [3.8, 4) is 0 Å². The first kappa shape index (κ1) is 22.9. The SMILES string of the molecule is CN(C)CCN(C(=O)c1ccccc1NS(=O)(=O)c1ccccc1)c1nc2ccccc2s1. The summed E-state index contributed by atoms with van der Waals surface area (Å²) in [6.45, 7) is 1.03. The number of rotatable bonds is 8. The third-order valence-electron chi connectivity index (χ3n) is 4.98. The predicted octanol–water partition coefficient (Wildman–Crippen LogP) is 4.31. The molecule has 7 nitrogen and oxygen atoms in total. The monoisotopic (exact) mass is 480 g/mol. The average Bonchev–Trinajstić information content (AvgIpc) is 3.23. The molecular weight excluding hydrogens is 456 g/mol. The van der Waals surface area contributed by atoms with Gasteiger partial charge in [0.2, 0.25) is 0 Å². The molecule has 170 valence electrons. The van der Waals surface area contributed by atoms with Crippen molar-refractivity contribution in [1.82, 2.24) is 9.88 Å². The molecule has 0 saturated heterocycles. The number of aromatic nitrogens is 1. The molecule has 1 amide bonds. The molecular formula is C24H24N4O3S2. The molecule has 1 heterocycles. The molecule has 0 aliphatic heterocycles. The third-order valence-corrected chi connectivity index (χ3v) is 7.43. The Hall–Kier alpha value is -3.27. The van der Waals surface area contributed by atoms with E-state index < -0.39 is 10.0 Å². The molecule has 9 heteroatoms. The lowest BCUT2D eigenvalue weighted by atomic mass is 10.1. The average molecular weight is 481 g/mol. The molecule has 0 unspecified atom stereocenters. The Balaban J connectivity index is 1.71. The zero-order valence-corrected chi connectivity index (χ0v) is 19.9. The summed E-state index contributed by atoms with van der Waals surface area (Å²) in [7, 11) is 0.0190. The maximum Gasteiger partial charge on any atom is 0.262 e. The van der Waals surface area contributed by atoms with Crippen LogP contribution in [0, 0.1) is 0 Å². The second-order valence-electron chi connectivity index (χ2n) is 7.69. The van der Waals surface area contributed by atoms with E-state index in [0.29, 0.717) is 18.2 Å². The van der Waals surface area contributed by atoms with Crippen LogP contribution >= 0.6 is 11.3 Å². The Labute approximate surface area is 197 Å². The molecule has 0 aliphatic rings. The van der Waals surface area contributed by atoms with Gasteiger partial charge >= 0.3 is 0 Å². The number of sulfonamides is 1. The van der Waals surface area contributed by atoms with Crippen LogP contribution in [0.5, 0.6) is 0 Å². The first-order chi connectivity index (χ1) is 15.8. The third kappa shape index (κ3) is 5.22. The molecule has 0 spiro atoms. The van der Waals surface area contributed by atoms with Crippen molar-refractivity contribution in [2.45, 2.75) is 4.90 Å². The highest BCUT2D eigenvalue weighted by Gasteiger charge is 2.25. The fourth-order valence-electron chi connectivity index (χ4n) is 3.27. The van der Waals surface area contributed by atoms with Gasteiger partial charge in [0.1, 0.15) is 0 Å².